The Morgan fingerprint density at radius 1 is 1.15 bits per heavy atom. The number of rotatable bonds is 3. The summed E-state index contributed by atoms with van der Waals surface area (Å²) >= 11 is 0. The molecule has 0 aromatic carbocycles. The maximum atomic E-state index is 12.3. The number of fused-ring (bicyclic) bond motifs is 5. The summed E-state index contributed by atoms with van der Waals surface area (Å²) in [6.45, 7) is 1.76. The van der Waals surface area contributed by atoms with Crippen LogP contribution in [0.3, 0.4) is 0 Å². The molecule has 4 fully saturated rings. The normalized spacial score (nSPS) is 53.3. The summed E-state index contributed by atoms with van der Waals surface area (Å²) in [5, 5.41) is 30.7. The molecule has 26 heavy (non-hydrogen) atoms. The van der Waals surface area contributed by atoms with E-state index in [4.69, 9.17) is 0 Å². The highest BCUT2D eigenvalue weighted by molar-refractivity contribution is 5.87. The summed E-state index contributed by atoms with van der Waals surface area (Å²) in [6.07, 6.45) is 6.51. The first-order valence-electron chi connectivity index (χ1n) is 10.3. The molecule has 9 atom stereocenters. The van der Waals surface area contributed by atoms with Crippen LogP contribution < -0.4 is 0 Å². The van der Waals surface area contributed by atoms with E-state index in [-0.39, 0.29) is 35.1 Å². The third-order valence-electron chi connectivity index (χ3n) is 8.94. The van der Waals surface area contributed by atoms with Crippen molar-refractivity contribution in [3.05, 3.63) is 0 Å². The van der Waals surface area contributed by atoms with Crippen molar-refractivity contribution in [2.45, 2.75) is 70.5 Å². The van der Waals surface area contributed by atoms with Gasteiger partial charge in [-0.15, -0.1) is 0 Å². The predicted molar refractivity (Wildman–Crippen MR) is 95.1 cm³/mol. The number of aliphatic hydroxyl groups excluding tert-OH is 3. The van der Waals surface area contributed by atoms with E-state index in [1.54, 1.807) is 0 Å². The van der Waals surface area contributed by atoms with Crippen LogP contribution in [-0.2, 0) is 9.59 Å². The molecule has 0 saturated heterocycles. The summed E-state index contributed by atoms with van der Waals surface area (Å²) in [5.41, 5.74) is -0.784. The van der Waals surface area contributed by atoms with Crippen molar-refractivity contribution in [3.8, 4) is 0 Å². The molecule has 2 unspecified atom stereocenters. The predicted octanol–water partition coefficient (Wildman–Crippen LogP) is 1.72. The largest absolute Gasteiger partial charge is 0.393 e. The zero-order chi connectivity index (χ0) is 18.7. The number of Topliss-reactive ketones (excluding diaryl/α,β-unsaturated/α-hetero) is 1. The molecular weight excluding hydrogens is 332 g/mol. The molecule has 4 rings (SSSR count). The van der Waals surface area contributed by atoms with Crippen LogP contribution in [0.1, 0.15) is 58.3 Å². The molecule has 146 valence electrons. The molecule has 4 saturated carbocycles. The lowest BCUT2D eigenvalue weighted by Gasteiger charge is -2.61. The Hall–Kier alpha value is -0.780. The van der Waals surface area contributed by atoms with Gasteiger partial charge in [-0.3, -0.25) is 4.79 Å². The van der Waals surface area contributed by atoms with Gasteiger partial charge in [-0.05, 0) is 80.5 Å². The quantitative estimate of drug-likeness (QED) is 0.663. The van der Waals surface area contributed by atoms with Gasteiger partial charge in [0.15, 0.2) is 5.78 Å². The molecule has 0 bridgehead atoms. The minimum atomic E-state index is -0.794. The Balaban J connectivity index is 1.69. The van der Waals surface area contributed by atoms with Crippen molar-refractivity contribution < 1.29 is 24.9 Å². The van der Waals surface area contributed by atoms with Crippen LogP contribution in [0.2, 0.25) is 0 Å². The first kappa shape index (κ1) is 18.6. The van der Waals surface area contributed by atoms with E-state index in [1.807, 2.05) is 0 Å². The van der Waals surface area contributed by atoms with E-state index in [0.29, 0.717) is 18.8 Å². The minimum absolute atomic E-state index is 0.00960. The lowest BCUT2D eigenvalue weighted by atomic mass is 9.43. The van der Waals surface area contributed by atoms with Crippen molar-refractivity contribution >= 4 is 12.1 Å². The Morgan fingerprint density at radius 3 is 2.62 bits per heavy atom. The second-order valence-electron chi connectivity index (χ2n) is 9.76. The van der Waals surface area contributed by atoms with Crippen LogP contribution in [0.15, 0.2) is 0 Å². The van der Waals surface area contributed by atoms with Crippen molar-refractivity contribution in [2.75, 3.05) is 6.61 Å². The summed E-state index contributed by atoms with van der Waals surface area (Å²) in [4.78, 5) is 24.6. The molecule has 4 aliphatic carbocycles. The molecule has 3 N–H and O–H groups in total. The van der Waals surface area contributed by atoms with Gasteiger partial charge in [-0.1, -0.05) is 6.92 Å². The number of ketones is 1. The van der Waals surface area contributed by atoms with Crippen LogP contribution in [0.4, 0.5) is 0 Å². The number of hydrogen-bond acceptors (Lipinski definition) is 5. The van der Waals surface area contributed by atoms with Crippen LogP contribution in [0.25, 0.3) is 0 Å². The van der Waals surface area contributed by atoms with Crippen molar-refractivity contribution in [1.29, 1.82) is 0 Å². The monoisotopic (exact) mass is 364 g/mol. The fourth-order valence-corrected chi connectivity index (χ4v) is 7.85. The van der Waals surface area contributed by atoms with Crippen molar-refractivity contribution in [3.63, 3.8) is 0 Å². The molecule has 0 spiro atoms. The van der Waals surface area contributed by atoms with Crippen molar-refractivity contribution in [2.24, 2.45) is 40.4 Å². The van der Waals surface area contributed by atoms with Gasteiger partial charge in [0.1, 0.15) is 12.9 Å². The lowest BCUT2D eigenvalue weighted by molar-refractivity contribution is -0.182. The summed E-state index contributed by atoms with van der Waals surface area (Å²) in [6, 6.07) is 0. The minimum Gasteiger partial charge on any atom is -0.393 e. The van der Waals surface area contributed by atoms with Gasteiger partial charge >= 0.3 is 0 Å². The molecule has 0 aromatic heterocycles. The highest BCUT2D eigenvalue weighted by Gasteiger charge is 2.65. The summed E-state index contributed by atoms with van der Waals surface area (Å²) < 4.78 is 0. The average molecular weight is 364 g/mol. The summed E-state index contributed by atoms with van der Waals surface area (Å²) in [7, 11) is 0. The Bertz CT molecular complexity index is 591. The van der Waals surface area contributed by atoms with E-state index in [9.17, 15) is 24.9 Å². The topological polar surface area (TPSA) is 94.8 Å². The molecule has 5 nitrogen and oxygen atoms in total. The number of carbonyl (C=O) groups excluding carboxylic acids is 2. The molecule has 0 aliphatic heterocycles. The zero-order valence-corrected chi connectivity index (χ0v) is 15.6. The van der Waals surface area contributed by atoms with E-state index in [2.05, 4.69) is 6.92 Å². The standard InChI is InChI=1S/C21H32O5/c1-20-7-6-13(24)8-12(20)2-3-14-15-4-5-16(18(26)10-22)21(15,11-23)9-17(25)19(14)20/h11-17,19,22,24-25H,2-10H2,1H3/t12-,13-,14+,15+,16?,17+,19-,20+,21?/m1/s1. The molecule has 4 aliphatic rings. The number of carbonyl (C=O) groups is 2. The molecule has 0 aromatic rings. The highest BCUT2D eigenvalue weighted by Crippen LogP contribution is 2.67. The van der Waals surface area contributed by atoms with Gasteiger partial charge in [0.05, 0.1) is 12.2 Å². The van der Waals surface area contributed by atoms with Crippen LogP contribution in [-0.4, -0.2) is 46.2 Å². The smallest absolute Gasteiger partial charge is 0.162 e. The zero-order valence-electron chi connectivity index (χ0n) is 15.6. The van der Waals surface area contributed by atoms with E-state index < -0.39 is 24.0 Å². The van der Waals surface area contributed by atoms with Crippen LogP contribution in [0, 0.1) is 40.4 Å². The van der Waals surface area contributed by atoms with Gasteiger partial charge in [-0.25, -0.2) is 0 Å². The van der Waals surface area contributed by atoms with Gasteiger partial charge in [0, 0.05) is 11.3 Å². The van der Waals surface area contributed by atoms with Gasteiger partial charge in [0.25, 0.3) is 0 Å². The Labute approximate surface area is 155 Å². The fourth-order valence-electron chi connectivity index (χ4n) is 7.85. The lowest BCUT2D eigenvalue weighted by Crippen LogP contribution is -2.60. The maximum Gasteiger partial charge on any atom is 0.162 e. The fraction of sp³-hybridized carbons (Fsp3) is 0.905. The number of aldehydes is 1. The highest BCUT2D eigenvalue weighted by atomic mass is 16.3. The van der Waals surface area contributed by atoms with Crippen LogP contribution in [0.5, 0.6) is 0 Å². The average Bonchev–Trinajstić information content (AvgIpc) is 3.00. The Kier molecular flexibility index (Phi) is 4.56. The molecule has 0 heterocycles. The van der Waals surface area contributed by atoms with Gasteiger partial charge in [-0.2, -0.15) is 0 Å². The van der Waals surface area contributed by atoms with Crippen molar-refractivity contribution in [1.82, 2.24) is 0 Å². The molecular formula is C21H32O5. The first-order valence-corrected chi connectivity index (χ1v) is 10.3. The van der Waals surface area contributed by atoms with Gasteiger partial charge in [0.2, 0.25) is 0 Å². The molecule has 0 radical (unpaired) electrons. The first-order chi connectivity index (χ1) is 12.4. The third kappa shape index (κ3) is 2.39. The second kappa shape index (κ2) is 6.39. The number of aliphatic hydroxyl groups is 3. The van der Waals surface area contributed by atoms with E-state index in [0.717, 1.165) is 44.8 Å². The maximum absolute atomic E-state index is 12.3. The second-order valence-corrected chi connectivity index (χ2v) is 9.76. The molecule has 0 amide bonds. The SMILES string of the molecule is C[C@]12CC[C@@H](O)C[C@H]1CC[C@@H]1[C@@H]2[C@@H](O)CC2(C=O)C(C(=O)CO)CC[C@@H]12. The Morgan fingerprint density at radius 2 is 1.92 bits per heavy atom. The van der Waals surface area contributed by atoms with Crippen LogP contribution >= 0.6 is 0 Å². The molecule has 5 heteroatoms. The van der Waals surface area contributed by atoms with E-state index >= 15 is 0 Å². The third-order valence-corrected chi connectivity index (χ3v) is 8.94. The van der Waals surface area contributed by atoms with E-state index in [1.165, 1.54) is 0 Å². The number of hydrogen-bond donors (Lipinski definition) is 3. The summed E-state index contributed by atoms with van der Waals surface area (Å²) in [5.74, 6) is 0.294. The van der Waals surface area contributed by atoms with Gasteiger partial charge < -0.3 is 20.1 Å².